The lowest BCUT2D eigenvalue weighted by Crippen LogP contribution is -2.41. The van der Waals surface area contributed by atoms with E-state index in [-0.39, 0.29) is 18.3 Å². The molecule has 1 saturated heterocycles. The van der Waals surface area contributed by atoms with Crippen molar-refractivity contribution in [3.63, 3.8) is 0 Å². The van der Waals surface area contributed by atoms with Gasteiger partial charge in [-0.25, -0.2) is 0 Å². The smallest absolute Gasteiger partial charge is 0.400 e. The standard InChI is InChI=1S/C18H28BNO2/c1-13(2)15-9-7-14(8-10-15)11-16(12-20)19-21-17(3,4)18(5,6)22-19/h7-11,13H,12,20H2,1-6H3. The first kappa shape index (κ1) is 17.3. The minimum absolute atomic E-state index is 0.340. The van der Waals surface area contributed by atoms with Crippen LogP contribution in [-0.2, 0) is 9.31 Å². The van der Waals surface area contributed by atoms with Gasteiger partial charge in [-0.15, -0.1) is 0 Å². The zero-order chi connectivity index (χ0) is 16.5. The quantitative estimate of drug-likeness (QED) is 0.861. The number of rotatable bonds is 4. The van der Waals surface area contributed by atoms with E-state index in [1.807, 2.05) is 0 Å². The molecule has 0 aliphatic carbocycles. The Morgan fingerprint density at radius 3 is 2.00 bits per heavy atom. The molecule has 0 atom stereocenters. The van der Waals surface area contributed by atoms with Gasteiger partial charge in [-0.1, -0.05) is 44.2 Å². The zero-order valence-corrected chi connectivity index (χ0v) is 14.6. The van der Waals surface area contributed by atoms with E-state index in [1.165, 1.54) is 5.56 Å². The fourth-order valence-electron chi connectivity index (χ4n) is 2.41. The van der Waals surface area contributed by atoms with Gasteiger partial charge in [-0.2, -0.15) is 0 Å². The molecule has 0 aromatic heterocycles. The average molecular weight is 301 g/mol. The lowest BCUT2D eigenvalue weighted by Gasteiger charge is -2.32. The normalized spacial score (nSPS) is 20.7. The van der Waals surface area contributed by atoms with Gasteiger partial charge in [0.25, 0.3) is 0 Å². The Bertz CT molecular complexity index is 531. The highest BCUT2D eigenvalue weighted by atomic mass is 16.7. The number of hydrogen-bond acceptors (Lipinski definition) is 3. The van der Waals surface area contributed by atoms with Crippen LogP contribution in [0.25, 0.3) is 6.08 Å². The molecule has 0 amide bonds. The second-order valence-electron chi connectivity index (χ2n) is 7.33. The molecular formula is C18H28BNO2. The van der Waals surface area contributed by atoms with E-state index in [0.717, 1.165) is 11.0 Å². The molecule has 0 saturated carbocycles. The number of nitrogens with two attached hydrogens (primary N) is 1. The summed E-state index contributed by atoms with van der Waals surface area (Å²) in [5.41, 5.74) is 8.68. The van der Waals surface area contributed by atoms with Gasteiger partial charge < -0.3 is 15.0 Å². The zero-order valence-electron chi connectivity index (χ0n) is 14.6. The molecule has 120 valence electrons. The van der Waals surface area contributed by atoms with Gasteiger partial charge in [0, 0.05) is 6.54 Å². The summed E-state index contributed by atoms with van der Waals surface area (Å²) in [7, 11) is -0.375. The van der Waals surface area contributed by atoms with Gasteiger partial charge >= 0.3 is 7.12 Å². The predicted molar refractivity (Wildman–Crippen MR) is 93.6 cm³/mol. The third kappa shape index (κ3) is 3.45. The molecule has 2 N–H and O–H groups in total. The summed E-state index contributed by atoms with van der Waals surface area (Å²) >= 11 is 0. The van der Waals surface area contributed by atoms with Crippen LogP contribution >= 0.6 is 0 Å². The first-order valence-electron chi connectivity index (χ1n) is 8.02. The molecule has 1 heterocycles. The van der Waals surface area contributed by atoms with Crippen molar-refractivity contribution in [2.24, 2.45) is 5.73 Å². The Hall–Kier alpha value is -1.10. The van der Waals surface area contributed by atoms with Gasteiger partial charge in [0.05, 0.1) is 11.2 Å². The third-order valence-corrected chi connectivity index (χ3v) is 4.75. The van der Waals surface area contributed by atoms with Crippen molar-refractivity contribution >= 4 is 13.2 Å². The van der Waals surface area contributed by atoms with Gasteiger partial charge in [0.2, 0.25) is 0 Å². The summed E-state index contributed by atoms with van der Waals surface area (Å²) in [6.45, 7) is 13.0. The van der Waals surface area contributed by atoms with E-state index < -0.39 is 0 Å². The molecule has 2 rings (SSSR count). The molecule has 4 heteroatoms. The molecule has 1 aliphatic rings. The third-order valence-electron chi connectivity index (χ3n) is 4.75. The van der Waals surface area contributed by atoms with Crippen LogP contribution in [0.1, 0.15) is 58.6 Å². The first-order chi connectivity index (χ1) is 10.2. The van der Waals surface area contributed by atoms with Crippen LogP contribution in [0.3, 0.4) is 0 Å². The molecule has 1 aromatic carbocycles. The van der Waals surface area contributed by atoms with Crippen molar-refractivity contribution in [1.29, 1.82) is 0 Å². The summed E-state index contributed by atoms with van der Waals surface area (Å²) < 4.78 is 12.2. The van der Waals surface area contributed by atoms with Gasteiger partial charge in [0.15, 0.2) is 0 Å². The summed E-state index contributed by atoms with van der Waals surface area (Å²) in [6, 6.07) is 8.57. The van der Waals surface area contributed by atoms with E-state index in [9.17, 15) is 0 Å². The van der Waals surface area contributed by atoms with Crippen molar-refractivity contribution in [3.05, 3.63) is 40.9 Å². The van der Waals surface area contributed by atoms with E-state index in [0.29, 0.717) is 12.5 Å². The molecule has 0 radical (unpaired) electrons. The number of hydrogen-bond donors (Lipinski definition) is 1. The monoisotopic (exact) mass is 301 g/mol. The van der Waals surface area contributed by atoms with Crippen LogP contribution in [-0.4, -0.2) is 24.9 Å². The van der Waals surface area contributed by atoms with Crippen LogP contribution in [0, 0.1) is 0 Å². The summed E-state index contributed by atoms with van der Waals surface area (Å²) in [5.74, 6) is 0.537. The van der Waals surface area contributed by atoms with E-state index in [4.69, 9.17) is 15.0 Å². The highest BCUT2D eigenvalue weighted by molar-refractivity contribution is 6.55. The van der Waals surface area contributed by atoms with Gasteiger partial charge in [0.1, 0.15) is 0 Å². The van der Waals surface area contributed by atoms with E-state index in [2.05, 4.69) is 71.9 Å². The van der Waals surface area contributed by atoms with Gasteiger partial charge in [-0.3, -0.25) is 0 Å². The van der Waals surface area contributed by atoms with Crippen LogP contribution in [0.2, 0.25) is 0 Å². The van der Waals surface area contributed by atoms with Crippen molar-refractivity contribution in [2.75, 3.05) is 6.54 Å². The Morgan fingerprint density at radius 2 is 1.59 bits per heavy atom. The van der Waals surface area contributed by atoms with E-state index >= 15 is 0 Å². The van der Waals surface area contributed by atoms with Crippen molar-refractivity contribution in [3.8, 4) is 0 Å². The van der Waals surface area contributed by atoms with Crippen molar-refractivity contribution < 1.29 is 9.31 Å². The molecule has 1 fully saturated rings. The van der Waals surface area contributed by atoms with Crippen LogP contribution < -0.4 is 5.73 Å². The molecule has 0 unspecified atom stereocenters. The van der Waals surface area contributed by atoms with E-state index in [1.54, 1.807) is 0 Å². The fourth-order valence-corrected chi connectivity index (χ4v) is 2.41. The van der Waals surface area contributed by atoms with Crippen LogP contribution in [0.5, 0.6) is 0 Å². The van der Waals surface area contributed by atoms with Crippen LogP contribution in [0.15, 0.2) is 29.7 Å². The molecule has 0 spiro atoms. The Morgan fingerprint density at radius 1 is 1.09 bits per heavy atom. The molecule has 0 bridgehead atoms. The van der Waals surface area contributed by atoms with Crippen LogP contribution in [0.4, 0.5) is 0 Å². The topological polar surface area (TPSA) is 44.5 Å². The summed E-state index contributed by atoms with van der Waals surface area (Å²) in [6.07, 6.45) is 2.08. The maximum atomic E-state index is 6.08. The number of benzene rings is 1. The minimum Gasteiger partial charge on any atom is -0.400 e. The maximum Gasteiger partial charge on any atom is 0.491 e. The Balaban J connectivity index is 2.22. The molecule has 1 aromatic rings. The second-order valence-corrected chi connectivity index (χ2v) is 7.33. The summed E-state index contributed by atoms with van der Waals surface area (Å²) in [5, 5.41) is 0. The first-order valence-corrected chi connectivity index (χ1v) is 8.02. The largest absolute Gasteiger partial charge is 0.491 e. The van der Waals surface area contributed by atoms with Crippen molar-refractivity contribution in [1.82, 2.24) is 0 Å². The average Bonchev–Trinajstić information content (AvgIpc) is 2.65. The second kappa shape index (κ2) is 6.19. The maximum absolute atomic E-state index is 6.08. The molecule has 22 heavy (non-hydrogen) atoms. The Kier molecular flexibility index (Phi) is 4.86. The SMILES string of the molecule is CC(C)c1ccc(C=C(CN)B2OC(C)(C)C(C)(C)O2)cc1. The molecular weight excluding hydrogens is 273 g/mol. The minimum atomic E-state index is -0.375. The lowest BCUT2D eigenvalue weighted by atomic mass is 9.77. The highest BCUT2D eigenvalue weighted by Gasteiger charge is 2.52. The molecule has 3 nitrogen and oxygen atoms in total. The molecule has 1 aliphatic heterocycles. The summed E-state index contributed by atoms with van der Waals surface area (Å²) in [4.78, 5) is 0. The fraction of sp³-hybridized carbons (Fsp3) is 0.556. The van der Waals surface area contributed by atoms with Crippen molar-refractivity contribution in [2.45, 2.75) is 58.7 Å². The lowest BCUT2D eigenvalue weighted by molar-refractivity contribution is 0.00578. The van der Waals surface area contributed by atoms with Gasteiger partial charge in [-0.05, 0) is 50.2 Å². The highest BCUT2D eigenvalue weighted by Crippen LogP contribution is 2.38. The predicted octanol–water partition coefficient (Wildman–Crippen LogP) is 3.78. The Labute approximate surface area is 135 Å².